The molecule has 1 aromatic carbocycles. The Kier molecular flexibility index (Phi) is 6.83. The maximum atomic E-state index is 12.9. The van der Waals surface area contributed by atoms with E-state index in [0.29, 0.717) is 19.1 Å². The number of nitrogens with one attached hydrogen (secondary N) is 1. The molecule has 1 saturated carbocycles. The molecule has 0 amide bonds. The molecule has 8 nitrogen and oxygen atoms in total. The van der Waals surface area contributed by atoms with Crippen molar-refractivity contribution in [2.75, 3.05) is 13.2 Å². The van der Waals surface area contributed by atoms with Crippen molar-refractivity contribution in [1.82, 2.24) is 30.1 Å². The normalized spacial score (nSPS) is 19.6. The molecule has 8 heteroatoms. The number of aromatic nitrogens is 5. The fourth-order valence-corrected chi connectivity index (χ4v) is 5.27. The first-order chi connectivity index (χ1) is 16.2. The summed E-state index contributed by atoms with van der Waals surface area (Å²) in [5.74, 6) is 0.880. The third-order valence-electron chi connectivity index (χ3n) is 7.12. The molecule has 1 atom stereocenters. The van der Waals surface area contributed by atoms with Gasteiger partial charge < -0.3 is 9.72 Å². The average Bonchev–Trinajstić information content (AvgIpc) is 3.52. The monoisotopic (exact) mass is 450 g/mol. The Morgan fingerprint density at radius 3 is 2.79 bits per heavy atom. The van der Waals surface area contributed by atoms with Gasteiger partial charge in [-0.05, 0) is 71.7 Å². The van der Waals surface area contributed by atoms with E-state index >= 15 is 0 Å². The fourth-order valence-electron chi connectivity index (χ4n) is 5.27. The third-order valence-corrected chi connectivity index (χ3v) is 7.12. The highest BCUT2D eigenvalue weighted by Gasteiger charge is 2.25. The van der Waals surface area contributed by atoms with Gasteiger partial charge in [0.25, 0.3) is 5.56 Å². The number of nitrogens with zero attached hydrogens (tertiary/aromatic N) is 5. The van der Waals surface area contributed by atoms with Crippen LogP contribution in [-0.2, 0) is 24.2 Å². The highest BCUT2D eigenvalue weighted by molar-refractivity contribution is 5.79. The van der Waals surface area contributed by atoms with Crippen LogP contribution in [0.3, 0.4) is 0 Å². The van der Waals surface area contributed by atoms with Gasteiger partial charge in [0.15, 0.2) is 5.82 Å². The summed E-state index contributed by atoms with van der Waals surface area (Å²) in [6, 6.07) is 8.67. The summed E-state index contributed by atoms with van der Waals surface area (Å²) in [4.78, 5) is 18.3. The number of fused-ring (bicyclic) bond motifs is 1. The molecule has 2 aromatic heterocycles. The summed E-state index contributed by atoms with van der Waals surface area (Å²) in [5.41, 5.74) is 2.89. The van der Waals surface area contributed by atoms with Crippen molar-refractivity contribution in [3.63, 3.8) is 0 Å². The molecule has 33 heavy (non-hydrogen) atoms. The second kappa shape index (κ2) is 10.1. The quantitative estimate of drug-likeness (QED) is 0.562. The van der Waals surface area contributed by atoms with Gasteiger partial charge in [0.1, 0.15) is 0 Å². The Morgan fingerprint density at radius 2 is 2.00 bits per heavy atom. The van der Waals surface area contributed by atoms with Crippen molar-refractivity contribution < 1.29 is 4.74 Å². The number of hydrogen-bond donors (Lipinski definition) is 1. The van der Waals surface area contributed by atoms with Gasteiger partial charge in [-0.1, -0.05) is 32.3 Å². The molecule has 1 aliphatic heterocycles. The summed E-state index contributed by atoms with van der Waals surface area (Å²) in [6.07, 6.45) is 9.33. The lowest BCUT2D eigenvalue weighted by Crippen LogP contribution is -2.34. The second-order valence-corrected chi connectivity index (χ2v) is 9.54. The van der Waals surface area contributed by atoms with Crippen molar-refractivity contribution in [3.05, 3.63) is 51.6 Å². The van der Waals surface area contributed by atoms with Crippen LogP contribution in [0, 0.1) is 0 Å². The largest absolute Gasteiger partial charge is 0.377 e. The molecule has 3 heterocycles. The highest BCUT2D eigenvalue weighted by Crippen LogP contribution is 2.28. The Hall–Kier alpha value is -2.58. The zero-order chi connectivity index (χ0) is 22.6. The van der Waals surface area contributed by atoms with E-state index in [1.165, 1.54) is 24.8 Å². The van der Waals surface area contributed by atoms with Crippen LogP contribution in [0.5, 0.6) is 0 Å². The Labute approximate surface area is 194 Å². The van der Waals surface area contributed by atoms with E-state index in [4.69, 9.17) is 4.74 Å². The van der Waals surface area contributed by atoms with Gasteiger partial charge in [-0.25, -0.2) is 4.68 Å². The van der Waals surface area contributed by atoms with E-state index in [1.54, 1.807) is 0 Å². The number of benzene rings is 1. The third kappa shape index (κ3) is 5.17. The van der Waals surface area contributed by atoms with Crippen molar-refractivity contribution in [2.24, 2.45) is 0 Å². The first kappa shape index (κ1) is 22.2. The van der Waals surface area contributed by atoms with Crippen LogP contribution in [0.2, 0.25) is 0 Å². The van der Waals surface area contributed by atoms with Crippen LogP contribution in [0.4, 0.5) is 0 Å². The topological polar surface area (TPSA) is 88.9 Å². The zero-order valence-electron chi connectivity index (χ0n) is 19.5. The lowest BCUT2D eigenvalue weighted by atomic mass is 9.95. The van der Waals surface area contributed by atoms with E-state index in [1.807, 2.05) is 16.8 Å². The summed E-state index contributed by atoms with van der Waals surface area (Å²) >= 11 is 0. The van der Waals surface area contributed by atoms with Crippen LogP contribution >= 0.6 is 0 Å². The minimum atomic E-state index is -0.0315. The molecule has 0 spiro atoms. The molecule has 1 saturated heterocycles. The molecule has 2 aliphatic rings. The summed E-state index contributed by atoms with van der Waals surface area (Å²) in [6.45, 7) is 4.88. The lowest BCUT2D eigenvalue weighted by molar-refractivity contribution is 0.0659. The summed E-state index contributed by atoms with van der Waals surface area (Å²) in [5, 5.41) is 13.8. The Bertz CT molecular complexity index is 1130. The fraction of sp³-hybridized carbons (Fsp3) is 0.600. The minimum absolute atomic E-state index is 0.0315. The van der Waals surface area contributed by atoms with Gasteiger partial charge in [0.05, 0.1) is 18.7 Å². The number of H-pyrrole nitrogens is 1. The molecule has 1 aliphatic carbocycles. The maximum Gasteiger partial charge on any atom is 0.252 e. The molecule has 0 radical (unpaired) electrons. The van der Waals surface area contributed by atoms with Crippen molar-refractivity contribution in [3.8, 4) is 0 Å². The first-order valence-corrected chi connectivity index (χ1v) is 12.4. The molecule has 1 unspecified atom stereocenters. The van der Waals surface area contributed by atoms with E-state index in [2.05, 4.69) is 44.5 Å². The van der Waals surface area contributed by atoms with Crippen LogP contribution in [0.1, 0.15) is 74.9 Å². The lowest BCUT2D eigenvalue weighted by Gasteiger charge is -2.27. The van der Waals surface area contributed by atoms with Crippen molar-refractivity contribution >= 4 is 10.9 Å². The molecule has 3 aromatic rings. The molecule has 176 valence electrons. The van der Waals surface area contributed by atoms with Crippen molar-refractivity contribution in [2.45, 2.75) is 83.5 Å². The van der Waals surface area contributed by atoms with Crippen LogP contribution in [0.15, 0.2) is 29.1 Å². The van der Waals surface area contributed by atoms with Gasteiger partial charge in [-0.3, -0.25) is 9.69 Å². The van der Waals surface area contributed by atoms with Gasteiger partial charge in [-0.2, -0.15) is 0 Å². The highest BCUT2D eigenvalue weighted by atomic mass is 16.5. The van der Waals surface area contributed by atoms with Gasteiger partial charge >= 0.3 is 0 Å². The number of hydrogen-bond acceptors (Lipinski definition) is 6. The molecular formula is C25H34N6O2. The molecule has 0 bridgehead atoms. The molecule has 2 fully saturated rings. The minimum Gasteiger partial charge on any atom is -0.377 e. The van der Waals surface area contributed by atoms with E-state index in [9.17, 15) is 4.79 Å². The van der Waals surface area contributed by atoms with Gasteiger partial charge in [0.2, 0.25) is 0 Å². The van der Waals surface area contributed by atoms with Gasteiger partial charge in [-0.15, -0.1) is 5.10 Å². The predicted molar refractivity (Wildman–Crippen MR) is 127 cm³/mol. The standard InChI is InChI=1S/C25H34N6O2/c1-2-18-10-11-23-19(13-18)14-20(25(32)26-23)15-30(16-22-9-6-12-33-22)17-24-27-28-29-31(24)21-7-4-3-5-8-21/h10-11,13-14,21-22H,2-9,12,15-17H2,1H3,(H,26,32). The molecule has 5 rings (SSSR count). The van der Waals surface area contributed by atoms with E-state index < -0.39 is 0 Å². The summed E-state index contributed by atoms with van der Waals surface area (Å²) < 4.78 is 7.96. The Balaban J connectivity index is 1.41. The number of aryl methyl sites for hydroxylation is 1. The number of tetrazole rings is 1. The molecular weight excluding hydrogens is 416 g/mol. The first-order valence-electron chi connectivity index (χ1n) is 12.4. The van der Waals surface area contributed by atoms with E-state index in [0.717, 1.165) is 67.5 Å². The molecule has 1 N–H and O–H groups in total. The van der Waals surface area contributed by atoms with E-state index in [-0.39, 0.29) is 11.7 Å². The second-order valence-electron chi connectivity index (χ2n) is 9.54. The number of ether oxygens (including phenoxy) is 1. The number of rotatable bonds is 8. The maximum absolute atomic E-state index is 12.9. The van der Waals surface area contributed by atoms with Crippen LogP contribution in [-0.4, -0.2) is 49.3 Å². The predicted octanol–water partition coefficient (Wildman–Crippen LogP) is 3.76. The van der Waals surface area contributed by atoms with Crippen LogP contribution < -0.4 is 5.56 Å². The smallest absolute Gasteiger partial charge is 0.252 e. The number of pyridine rings is 1. The van der Waals surface area contributed by atoms with Gasteiger partial charge in [0, 0.05) is 30.8 Å². The zero-order valence-corrected chi connectivity index (χ0v) is 19.5. The average molecular weight is 451 g/mol. The SMILES string of the molecule is CCc1ccc2[nH]c(=O)c(CN(Cc3nnnn3C3CCCCC3)CC3CCCO3)cc2c1. The summed E-state index contributed by atoms with van der Waals surface area (Å²) in [7, 11) is 0. The van der Waals surface area contributed by atoms with Crippen molar-refractivity contribution in [1.29, 1.82) is 0 Å². The Morgan fingerprint density at radius 1 is 1.12 bits per heavy atom. The number of aromatic amines is 1. The van der Waals surface area contributed by atoms with Crippen LogP contribution in [0.25, 0.3) is 10.9 Å².